The monoisotopic (exact) mass is 512 g/mol. The van der Waals surface area contributed by atoms with E-state index in [0.717, 1.165) is 37.0 Å². The van der Waals surface area contributed by atoms with Gasteiger partial charge in [-0.25, -0.2) is 4.90 Å². The standard InChI is InChI=1S/C28H40N4O5/c1-17(2)28(31-20-15-11-8-12-16-20)22(33)26(37)32(28)25(36)18(3)29-24(35)21(27(4,5)6)30-23(34)19-13-9-7-10-14-19/h7,9-10,13-14,17-18,20-21,31H,8,11-12,15-16H2,1-6H3,(H,29,35)(H,30,34)/t18-,21+,28-/m0/s1. The Morgan fingerprint density at radius 3 is 2.08 bits per heavy atom. The molecule has 2 aliphatic rings. The zero-order valence-corrected chi connectivity index (χ0v) is 22.7. The van der Waals surface area contributed by atoms with Crippen LogP contribution in [0.25, 0.3) is 0 Å². The molecule has 1 aliphatic heterocycles. The van der Waals surface area contributed by atoms with Crippen molar-refractivity contribution in [3.8, 4) is 0 Å². The van der Waals surface area contributed by atoms with Crippen molar-refractivity contribution < 1.29 is 24.0 Å². The lowest BCUT2D eigenvalue weighted by Gasteiger charge is -2.53. The van der Waals surface area contributed by atoms with Crippen molar-refractivity contribution in [2.45, 2.75) is 97.4 Å². The summed E-state index contributed by atoms with van der Waals surface area (Å²) in [6, 6.07) is 6.55. The van der Waals surface area contributed by atoms with Crippen LogP contribution in [0.5, 0.6) is 0 Å². The quantitative estimate of drug-likeness (QED) is 0.363. The lowest BCUT2D eigenvalue weighted by atomic mass is 9.79. The second-order valence-electron chi connectivity index (χ2n) is 11.6. The van der Waals surface area contributed by atoms with Gasteiger partial charge < -0.3 is 10.6 Å². The molecule has 3 N–H and O–H groups in total. The highest BCUT2D eigenvalue weighted by atomic mass is 16.2. The van der Waals surface area contributed by atoms with Crippen LogP contribution in [0.1, 0.15) is 84.0 Å². The maximum absolute atomic E-state index is 13.5. The van der Waals surface area contributed by atoms with Crippen molar-refractivity contribution in [1.82, 2.24) is 20.9 Å². The first-order valence-electron chi connectivity index (χ1n) is 13.2. The number of imide groups is 1. The number of hydrogen-bond acceptors (Lipinski definition) is 6. The number of amides is 4. The van der Waals surface area contributed by atoms with Gasteiger partial charge in [0.25, 0.3) is 17.6 Å². The lowest BCUT2D eigenvalue weighted by molar-refractivity contribution is -0.185. The fraction of sp³-hybridized carbons (Fsp3) is 0.607. The maximum atomic E-state index is 13.5. The molecule has 202 valence electrons. The average molecular weight is 513 g/mol. The lowest BCUT2D eigenvalue weighted by Crippen LogP contribution is -2.84. The van der Waals surface area contributed by atoms with E-state index in [1.54, 1.807) is 44.2 Å². The van der Waals surface area contributed by atoms with Crippen LogP contribution in [0.3, 0.4) is 0 Å². The summed E-state index contributed by atoms with van der Waals surface area (Å²) < 4.78 is 0. The van der Waals surface area contributed by atoms with Gasteiger partial charge >= 0.3 is 5.91 Å². The highest BCUT2D eigenvalue weighted by molar-refractivity contribution is 6.49. The van der Waals surface area contributed by atoms with Gasteiger partial charge in [0.2, 0.25) is 5.91 Å². The highest BCUT2D eigenvalue weighted by Gasteiger charge is 2.65. The van der Waals surface area contributed by atoms with Crippen molar-refractivity contribution in [2.24, 2.45) is 11.3 Å². The third-order valence-corrected chi connectivity index (χ3v) is 7.35. The Bertz CT molecular complexity index is 1040. The van der Waals surface area contributed by atoms with Crippen LogP contribution < -0.4 is 16.0 Å². The van der Waals surface area contributed by atoms with E-state index < -0.39 is 52.6 Å². The summed E-state index contributed by atoms with van der Waals surface area (Å²) in [5, 5.41) is 8.79. The summed E-state index contributed by atoms with van der Waals surface area (Å²) in [6.07, 6.45) is 4.92. The van der Waals surface area contributed by atoms with Gasteiger partial charge in [-0.3, -0.25) is 29.3 Å². The topological polar surface area (TPSA) is 125 Å². The van der Waals surface area contributed by atoms with E-state index >= 15 is 0 Å². The number of ketones is 1. The van der Waals surface area contributed by atoms with E-state index in [4.69, 9.17) is 0 Å². The summed E-state index contributed by atoms with van der Waals surface area (Å²) in [4.78, 5) is 66.2. The van der Waals surface area contributed by atoms with Crippen LogP contribution in [0, 0.1) is 11.3 Å². The maximum Gasteiger partial charge on any atom is 0.302 e. The van der Waals surface area contributed by atoms with Gasteiger partial charge in [0.15, 0.2) is 5.66 Å². The van der Waals surface area contributed by atoms with Crippen molar-refractivity contribution in [3.05, 3.63) is 35.9 Å². The predicted octanol–water partition coefficient (Wildman–Crippen LogP) is 2.55. The molecule has 1 aliphatic carbocycles. The molecule has 1 aromatic carbocycles. The summed E-state index contributed by atoms with van der Waals surface area (Å²) in [5.74, 6) is -3.45. The van der Waals surface area contributed by atoms with Crippen molar-refractivity contribution in [3.63, 3.8) is 0 Å². The second-order valence-corrected chi connectivity index (χ2v) is 11.6. The number of hydrogen-bond donors (Lipinski definition) is 3. The van der Waals surface area contributed by atoms with E-state index in [-0.39, 0.29) is 12.0 Å². The molecule has 1 saturated carbocycles. The number of carbonyl (C=O) groups is 5. The summed E-state index contributed by atoms with van der Waals surface area (Å²) in [7, 11) is 0. The average Bonchev–Trinajstić information content (AvgIpc) is 2.86. The first-order chi connectivity index (χ1) is 17.3. The molecule has 0 unspecified atom stereocenters. The smallest absolute Gasteiger partial charge is 0.302 e. The molecule has 1 saturated heterocycles. The Hall–Kier alpha value is -3.07. The number of likely N-dealkylation sites (tertiary alicyclic amines) is 1. The molecule has 0 aromatic heterocycles. The summed E-state index contributed by atoms with van der Waals surface area (Å²) in [5.41, 5.74) is -1.67. The molecule has 0 radical (unpaired) electrons. The van der Waals surface area contributed by atoms with Gasteiger partial charge in [-0.2, -0.15) is 0 Å². The minimum atomic E-state index is -1.42. The number of rotatable bonds is 8. The van der Waals surface area contributed by atoms with E-state index in [0.29, 0.717) is 5.56 Å². The van der Waals surface area contributed by atoms with Gasteiger partial charge in [0.05, 0.1) is 0 Å². The van der Waals surface area contributed by atoms with E-state index in [1.165, 1.54) is 6.92 Å². The van der Waals surface area contributed by atoms with Crippen LogP contribution in [0.4, 0.5) is 0 Å². The van der Waals surface area contributed by atoms with Crippen LogP contribution in [0.2, 0.25) is 0 Å². The first kappa shape index (κ1) is 28.5. The number of carbonyl (C=O) groups excluding carboxylic acids is 5. The number of benzene rings is 1. The summed E-state index contributed by atoms with van der Waals surface area (Å²) in [6.45, 7) is 10.5. The zero-order chi connectivity index (χ0) is 27.5. The van der Waals surface area contributed by atoms with Crippen molar-refractivity contribution in [2.75, 3.05) is 0 Å². The van der Waals surface area contributed by atoms with Crippen LogP contribution in [-0.2, 0) is 19.2 Å². The van der Waals surface area contributed by atoms with Gasteiger partial charge in [0.1, 0.15) is 12.1 Å². The molecule has 0 bridgehead atoms. The highest BCUT2D eigenvalue weighted by Crippen LogP contribution is 2.36. The van der Waals surface area contributed by atoms with Gasteiger partial charge in [-0.05, 0) is 43.2 Å². The zero-order valence-electron chi connectivity index (χ0n) is 22.7. The predicted molar refractivity (Wildman–Crippen MR) is 139 cm³/mol. The van der Waals surface area contributed by atoms with Crippen LogP contribution in [-0.4, -0.2) is 58.1 Å². The van der Waals surface area contributed by atoms with Crippen LogP contribution >= 0.6 is 0 Å². The Kier molecular flexibility index (Phi) is 8.57. The third-order valence-electron chi connectivity index (χ3n) is 7.35. The molecule has 9 nitrogen and oxygen atoms in total. The molecule has 0 spiro atoms. The Labute approximate surface area is 219 Å². The van der Waals surface area contributed by atoms with Crippen LogP contribution in [0.15, 0.2) is 30.3 Å². The first-order valence-corrected chi connectivity index (χ1v) is 13.2. The van der Waals surface area contributed by atoms with Gasteiger partial charge in [-0.1, -0.05) is 72.1 Å². The third kappa shape index (κ3) is 5.76. The van der Waals surface area contributed by atoms with Gasteiger partial charge in [-0.15, -0.1) is 0 Å². The molecular formula is C28H40N4O5. The minimum absolute atomic E-state index is 0.0341. The molecule has 3 atom stereocenters. The van der Waals surface area contributed by atoms with E-state index in [9.17, 15) is 24.0 Å². The largest absolute Gasteiger partial charge is 0.343 e. The molecular weight excluding hydrogens is 472 g/mol. The molecule has 1 aromatic rings. The Balaban J connectivity index is 1.77. The normalized spacial score (nSPS) is 22.3. The van der Waals surface area contributed by atoms with E-state index in [1.807, 2.05) is 20.8 Å². The SMILES string of the molecule is CC(C)[C@@]1(NC2CCCCC2)C(=O)C(=O)N1C(=O)[C@H](C)NC(=O)[C@@H](NC(=O)c1ccccc1)C(C)(C)C. The Morgan fingerprint density at radius 1 is 0.946 bits per heavy atom. The van der Waals surface area contributed by atoms with Crippen molar-refractivity contribution in [1.29, 1.82) is 0 Å². The number of nitrogens with zero attached hydrogens (tertiary/aromatic N) is 1. The second kappa shape index (κ2) is 11.1. The summed E-state index contributed by atoms with van der Waals surface area (Å²) >= 11 is 0. The fourth-order valence-corrected chi connectivity index (χ4v) is 5.15. The molecule has 2 fully saturated rings. The molecule has 4 amide bonds. The molecule has 1 heterocycles. The number of nitrogens with one attached hydrogen (secondary N) is 3. The minimum Gasteiger partial charge on any atom is -0.343 e. The van der Waals surface area contributed by atoms with Crippen molar-refractivity contribution >= 4 is 29.4 Å². The molecule has 9 heteroatoms. The molecule has 37 heavy (non-hydrogen) atoms. The Morgan fingerprint density at radius 2 is 1.54 bits per heavy atom. The van der Waals surface area contributed by atoms with Gasteiger partial charge in [0, 0.05) is 11.6 Å². The number of β-lactam (4-membered cyclic amide) rings is 1. The fourth-order valence-electron chi connectivity index (χ4n) is 5.15. The number of Topliss-reactive ketones (excluding diaryl/α,β-unsaturated/α-hetero) is 1. The van der Waals surface area contributed by atoms with E-state index in [2.05, 4.69) is 16.0 Å². The molecule has 3 rings (SSSR count).